The number of nitro benzene ring substituents is 1. The smallest absolute Gasteiger partial charge is 0.311 e. The predicted molar refractivity (Wildman–Crippen MR) is 106 cm³/mol. The van der Waals surface area contributed by atoms with Gasteiger partial charge in [0.25, 0.3) is 0 Å². The molecule has 0 bridgehead atoms. The second-order valence-corrected chi connectivity index (χ2v) is 6.91. The standard InChI is InChI=1S/C20H23NO12/c1-10(22)28-9-16-17(29-11(2)23)18(30-12(3)24)19(31-13(4)25)20(33-16)32-15-8-6-5-7-14(15)21(26)27/h5-8,16-20H,9H2,1-4H3. The first kappa shape index (κ1) is 25.5. The minimum absolute atomic E-state index is 0.233. The maximum Gasteiger partial charge on any atom is 0.311 e. The molecule has 0 saturated carbocycles. The molecule has 180 valence electrons. The molecule has 13 nitrogen and oxygen atoms in total. The first-order valence-electron chi connectivity index (χ1n) is 9.70. The second kappa shape index (κ2) is 11.2. The van der Waals surface area contributed by atoms with Gasteiger partial charge in [0.1, 0.15) is 12.7 Å². The van der Waals surface area contributed by atoms with Gasteiger partial charge in [0, 0.05) is 33.8 Å². The van der Waals surface area contributed by atoms with E-state index >= 15 is 0 Å². The van der Waals surface area contributed by atoms with Crippen LogP contribution in [0.1, 0.15) is 27.7 Å². The zero-order valence-corrected chi connectivity index (χ0v) is 18.2. The Labute approximate surface area is 188 Å². The lowest BCUT2D eigenvalue weighted by atomic mass is 9.98. The van der Waals surface area contributed by atoms with Crippen LogP contribution in [-0.4, -0.2) is 66.1 Å². The average Bonchev–Trinajstić information content (AvgIpc) is 2.70. The first-order valence-corrected chi connectivity index (χ1v) is 9.70. The van der Waals surface area contributed by atoms with Crippen LogP contribution in [0.2, 0.25) is 0 Å². The summed E-state index contributed by atoms with van der Waals surface area (Å²) in [5.41, 5.74) is -0.412. The molecule has 0 spiro atoms. The Kier molecular flexibility index (Phi) is 8.68. The van der Waals surface area contributed by atoms with E-state index in [2.05, 4.69) is 0 Å². The van der Waals surface area contributed by atoms with Crippen LogP contribution in [0, 0.1) is 10.1 Å². The topological polar surface area (TPSA) is 167 Å². The van der Waals surface area contributed by atoms with Gasteiger partial charge in [-0.15, -0.1) is 0 Å². The van der Waals surface area contributed by atoms with Crippen molar-refractivity contribution < 1.29 is 52.5 Å². The number of nitro groups is 1. The number of para-hydroxylation sites is 2. The lowest BCUT2D eigenvalue weighted by Gasteiger charge is -2.43. The fourth-order valence-electron chi connectivity index (χ4n) is 3.12. The Morgan fingerprint density at radius 2 is 1.42 bits per heavy atom. The molecule has 1 fully saturated rings. The molecule has 0 radical (unpaired) electrons. The van der Waals surface area contributed by atoms with E-state index in [4.69, 9.17) is 28.4 Å². The van der Waals surface area contributed by atoms with Gasteiger partial charge in [-0.25, -0.2) is 0 Å². The van der Waals surface area contributed by atoms with Crippen LogP contribution in [0.4, 0.5) is 5.69 Å². The van der Waals surface area contributed by atoms with Gasteiger partial charge >= 0.3 is 29.6 Å². The third-order valence-electron chi connectivity index (χ3n) is 4.25. The lowest BCUT2D eigenvalue weighted by Crippen LogP contribution is -2.63. The summed E-state index contributed by atoms with van der Waals surface area (Å²) in [4.78, 5) is 57.3. The largest absolute Gasteiger partial charge is 0.463 e. The molecule has 13 heteroatoms. The Morgan fingerprint density at radius 3 is 1.97 bits per heavy atom. The van der Waals surface area contributed by atoms with Gasteiger partial charge in [0.15, 0.2) is 18.0 Å². The molecule has 1 aliphatic heterocycles. The number of benzene rings is 1. The predicted octanol–water partition coefficient (Wildman–Crippen LogP) is 1.06. The molecule has 2 rings (SSSR count). The van der Waals surface area contributed by atoms with E-state index in [0.717, 1.165) is 27.7 Å². The van der Waals surface area contributed by atoms with Crippen LogP contribution in [0.25, 0.3) is 0 Å². The first-order chi connectivity index (χ1) is 15.5. The quantitative estimate of drug-likeness (QED) is 0.230. The molecule has 0 N–H and O–H groups in total. The molecule has 5 unspecified atom stereocenters. The fraction of sp³-hybridized carbons (Fsp3) is 0.500. The zero-order valence-electron chi connectivity index (χ0n) is 18.2. The summed E-state index contributed by atoms with van der Waals surface area (Å²) in [5.74, 6) is -3.33. The number of nitrogens with zero attached hydrogens (tertiary/aromatic N) is 1. The third-order valence-corrected chi connectivity index (χ3v) is 4.25. The van der Waals surface area contributed by atoms with Crippen molar-refractivity contribution in [3.05, 3.63) is 34.4 Å². The van der Waals surface area contributed by atoms with E-state index in [9.17, 15) is 29.3 Å². The van der Waals surface area contributed by atoms with Crippen molar-refractivity contribution in [2.45, 2.75) is 58.4 Å². The summed E-state index contributed by atoms with van der Waals surface area (Å²) in [7, 11) is 0. The second-order valence-electron chi connectivity index (χ2n) is 6.91. The molecule has 1 heterocycles. The highest BCUT2D eigenvalue weighted by Gasteiger charge is 2.53. The average molecular weight is 469 g/mol. The van der Waals surface area contributed by atoms with Gasteiger partial charge < -0.3 is 28.4 Å². The zero-order chi connectivity index (χ0) is 24.7. The molecule has 0 amide bonds. The summed E-state index contributed by atoms with van der Waals surface area (Å²) < 4.78 is 32.1. The van der Waals surface area contributed by atoms with Crippen molar-refractivity contribution in [2.24, 2.45) is 0 Å². The van der Waals surface area contributed by atoms with E-state index in [1.165, 1.54) is 24.3 Å². The summed E-state index contributed by atoms with van der Waals surface area (Å²) in [6.45, 7) is 3.91. The van der Waals surface area contributed by atoms with Crippen LogP contribution in [0.3, 0.4) is 0 Å². The summed E-state index contributed by atoms with van der Waals surface area (Å²) in [5, 5.41) is 11.4. The number of hydrogen-bond donors (Lipinski definition) is 0. The number of rotatable bonds is 8. The maximum atomic E-state index is 11.8. The van der Waals surface area contributed by atoms with E-state index in [1.807, 2.05) is 0 Å². The van der Waals surface area contributed by atoms with Crippen molar-refractivity contribution in [2.75, 3.05) is 6.61 Å². The van der Waals surface area contributed by atoms with E-state index in [1.54, 1.807) is 0 Å². The molecule has 1 saturated heterocycles. The van der Waals surface area contributed by atoms with Gasteiger partial charge in [0.05, 0.1) is 4.92 Å². The molecule has 1 aliphatic rings. The van der Waals surface area contributed by atoms with Gasteiger partial charge in [-0.3, -0.25) is 29.3 Å². The summed E-state index contributed by atoms with van der Waals surface area (Å²) >= 11 is 0. The molecule has 0 aromatic heterocycles. The van der Waals surface area contributed by atoms with Crippen LogP contribution >= 0.6 is 0 Å². The van der Waals surface area contributed by atoms with Crippen LogP contribution in [0.5, 0.6) is 5.75 Å². The molecule has 1 aromatic carbocycles. The minimum Gasteiger partial charge on any atom is -0.463 e. The minimum atomic E-state index is -1.56. The van der Waals surface area contributed by atoms with Crippen molar-refractivity contribution >= 4 is 29.6 Å². The Bertz CT molecular complexity index is 916. The Hall–Kier alpha value is -3.74. The highest BCUT2D eigenvalue weighted by atomic mass is 16.7. The highest BCUT2D eigenvalue weighted by molar-refractivity contribution is 5.68. The molecule has 1 aromatic rings. The van der Waals surface area contributed by atoms with Crippen LogP contribution in [-0.2, 0) is 42.9 Å². The normalized spacial score (nSPS) is 24.2. The third kappa shape index (κ3) is 7.14. The van der Waals surface area contributed by atoms with Crippen molar-refractivity contribution in [1.82, 2.24) is 0 Å². The SMILES string of the molecule is CC(=O)OCC1OC(Oc2ccccc2[N+](=O)[O-])C(OC(C)=O)C(OC(C)=O)C1OC(C)=O. The molecule has 33 heavy (non-hydrogen) atoms. The molecule has 0 aliphatic carbocycles. The molecular formula is C20H23NO12. The number of hydrogen-bond acceptors (Lipinski definition) is 12. The van der Waals surface area contributed by atoms with Crippen molar-refractivity contribution in [3.63, 3.8) is 0 Å². The van der Waals surface area contributed by atoms with Crippen molar-refractivity contribution in [1.29, 1.82) is 0 Å². The van der Waals surface area contributed by atoms with Gasteiger partial charge in [-0.2, -0.15) is 0 Å². The number of carbonyl (C=O) groups is 4. The number of esters is 4. The number of ether oxygens (including phenoxy) is 6. The van der Waals surface area contributed by atoms with Crippen LogP contribution in [0.15, 0.2) is 24.3 Å². The lowest BCUT2D eigenvalue weighted by molar-refractivity contribution is -0.387. The van der Waals surface area contributed by atoms with E-state index in [-0.39, 0.29) is 5.75 Å². The monoisotopic (exact) mass is 469 g/mol. The number of carbonyl (C=O) groups excluding carboxylic acids is 4. The Balaban J connectivity index is 2.51. The van der Waals surface area contributed by atoms with E-state index in [0.29, 0.717) is 0 Å². The van der Waals surface area contributed by atoms with Gasteiger partial charge in [0.2, 0.25) is 12.4 Å². The summed E-state index contributed by atoms with van der Waals surface area (Å²) in [6, 6.07) is 5.35. The van der Waals surface area contributed by atoms with Gasteiger partial charge in [-0.1, -0.05) is 12.1 Å². The van der Waals surface area contributed by atoms with Crippen molar-refractivity contribution in [3.8, 4) is 5.75 Å². The maximum absolute atomic E-state index is 11.8. The fourth-order valence-corrected chi connectivity index (χ4v) is 3.12. The molecular weight excluding hydrogens is 446 g/mol. The van der Waals surface area contributed by atoms with Gasteiger partial charge in [-0.05, 0) is 6.07 Å². The molecule has 5 atom stereocenters. The van der Waals surface area contributed by atoms with Crippen LogP contribution < -0.4 is 4.74 Å². The summed E-state index contributed by atoms with van der Waals surface area (Å²) in [6.07, 6.45) is -7.10. The van der Waals surface area contributed by atoms with E-state index < -0.39 is 71.8 Å². The highest BCUT2D eigenvalue weighted by Crippen LogP contribution is 2.34. The Morgan fingerprint density at radius 1 is 0.879 bits per heavy atom.